The van der Waals surface area contributed by atoms with Crippen molar-refractivity contribution in [3.63, 3.8) is 0 Å². The molecule has 0 radical (unpaired) electrons. The lowest BCUT2D eigenvalue weighted by Gasteiger charge is -2.36. The summed E-state index contributed by atoms with van der Waals surface area (Å²) < 4.78 is 7.50. The fourth-order valence-corrected chi connectivity index (χ4v) is 1.98. The Morgan fingerprint density at radius 1 is 1.47 bits per heavy atom. The predicted molar refractivity (Wildman–Crippen MR) is 62.4 cm³/mol. The Hall–Kier alpha value is -0.980. The van der Waals surface area contributed by atoms with Gasteiger partial charge >= 0.3 is 0 Å². The van der Waals surface area contributed by atoms with E-state index in [1.165, 1.54) is 0 Å². The van der Waals surface area contributed by atoms with E-state index in [1.54, 1.807) is 0 Å². The molecule has 0 aromatic carbocycles. The van der Waals surface area contributed by atoms with E-state index >= 15 is 0 Å². The van der Waals surface area contributed by atoms with E-state index in [9.17, 15) is 0 Å². The van der Waals surface area contributed by atoms with E-state index in [1.807, 2.05) is 18.5 Å². The first-order valence-corrected chi connectivity index (χ1v) is 5.93. The molecular weight excluding hydrogens is 220 g/mol. The van der Waals surface area contributed by atoms with Gasteiger partial charge in [0.1, 0.15) is 11.6 Å². The van der Waals surface area contributed by atoms with Gasteiger partial charge in [-0.15, -0.1) is 10.2 Å². The summed E-state index contributed by atoms with van der Waals surface area (Å²) in [6.45, 7) is 6.28. The van der Waals surface area contributed by atoms with Crippen LogP contribution in [0.5, 0.6) is 0 Å². The molecule has 6 heteroatoms. The lowest BCUT2D eigenvalue weighted by atomic mass is 10.2. The smallest absolute Gasteiger partial charge is 0.146 e. The summed E-state index contributed by atoms with van der Waals surface area (Å²) in [5, 5.41) is 17.3. The molecule has 96 valence electrons. The van der Waals surface area contributed by atoms with Crippen molar-refractivity contribution in [1.29, 1.82) is 0 Å². The Morgan fingerprint density at radius 2 is 2.24 bits per heavy atom. The van der Waals surface area contributed by atoms with Gasteiger partial charge in [0, 0.05) is 19.6 Å². The van der Waals surface area contributed by atoms with Crippen LogP contribution in [-0.4, -0.2) is 56.7 Å². The van der Waals surface area contributed by atoms with E-state index in [2.05, 4.69) is 22.0 Å². The molecule has 6 nitrogen and oxygen atoms in total. The maximum absolute atomic E-state index is 9.14. The Balaban J connectivity index is 2.04. The van der Waals surface area contributed by atoms with E-state index in [0.29, 0.717) is 12.6 Å². The molecule has 17 heavy (non-hydrogen) atoms. The van der Waals surface area contributed by atoms with Crippen molar-refractivity contribution in [2.45, 2.75) is 32.5 Å². The normalized spacial score (nSPS) is 26.4. The van der Waals surface area contributed by atoms with Crippen LogP contribution in [0, 0.1) is 6.92 Å². The second-order valence-electron chi connectivity index (χ2n) is 4.64. The minimum Gasteiger partial charge on any atom is -0.394 e. The highest BCUT2D eigenvalue weighted by molar-refractivity contribution is 4.94. The van der Waals surface area contributed by atoms with Gasteiger partial charge in [0.25, 0.3) is 0 Å². The number of aryl methyl sites for hydroxylation is 1. The Bertz CT molecular complexity index is 380. The Labute approximate surface area is 101 Å². The molecule has 0 bridgehead atoms. The standard InChI is InChI=1S/C11H20N4O2/c1-8-7-17-10(6-16)4-15(8)5-11-13-12-9(2)14(11)3/h8,10,16H,4-7H2,1-3H3. The molecule has 2 rings (SSSR count). The highest BCUT2D eigenvalue weighted by Gasteiger charge is 2.26. The first-order valence-electron chi connectivity index (χ1n) is 5.93. The lowest BCUT2D eigenvalue weighted by molar-refractivity contribution is -0.0814. The second kappa shape index (κ2) is 5.12. The van der Waals surface area contributed by atoms with Crippen molar-refractivity contribution in [2.24, 2.45) is 7.05 Å². The molecule has 0 spiro atoms. The maximum atomic E-state index is 9.14. The minimum atomic E-state index is -0.0828. The summed E-state index contributed by atoms with van der Waals surface area (Å²) in [5.41, 5.74) is 0. The van der Waals surface area contributed by atoms with Crippen molar-refractivity contribution in [1.82, 2.24) is 19.7 Å². The fraction of sp³-hybridized carbons (Fsp3) is 0.818. The number of morpholine rings is 1. The SMILES string of the molecule is Cc1nnc(CN2CC(CO)OCC2C)n1C. The molecule has 1 N–H and O–H groups in total. The molecule has 1 aromatic heterocycles. The number of ether oxygens (including phenoxy) is 1. The van der Waals surface area contributed by atoms with Crippen LogP contribution in [0.15, 0.2) is 0 Å². The third-order valence-electron chi connectivity index (χ3n) is 3.37. The molecule has 0 saturated carbocycles. The largest absolute Gasteiger partial charge is 0.394 e. The van der Waals surface area contributed by atoms with Crippen LogP contribution >= 0.6 is 0 Å². The summed E-state index contributed by atoms with van der Waals surface area (Å²) in [6.07, 6.45) is -0.0828. The van der Waals surface area contributed by atoms with Crippen LogP contribution < -0.4 is 0 Å². The quantitative estimate of drug-likeness (QED) is 0.786. The van der Waals surface area contributed by atoms with Gasteiger partial charge in [0.2, 0.25) is 0 Å². The van der Waals surface area contributed by atoms with Crippen molar-refractivity contribution in [3.8, 4) is 0 Å². The highest BCUT2D eigenvalue weighted by atomic mass is 16.5. The molecule has 1 aliphatic heterocycles. The third-order valence-corrected chi connectivity index (χ3v) is 3.37. The van der Waals surface area contributed by atoms with Crippen LogP contribution in [0.2, 0.25) is 0 Å². The predicted octanol–water partition coefficient (Wildman–Crippen LogP) is -0.295. The zero-order valence-electron chi connectivity index (χ0n) is 10.6. The number of aromatic nitrogens is 3. The average molecular weight is 240 g/mol. The number of rotatable bonds is 3. The van der Waals surface area contributed by atoms with Crippen LogP contribution in [0.25, 0.3) is 0 Å². The first-order chi connectivity index (χ1) is 8.11. The van der Waals surface area contributed by atoms with Crippen LogP contribution in [0.1, 0.15) is 18.6 Å². The summed E-state index contributed by atoms with van der Waals surface area (Å²) in [5.74, 6) is 1.87. The molecule has 1 aliphatic rings. The van der Waals surface area contributed by atoms with Crippen molar-refractivity contribution in [2.75, 3.05) is 19.8 Å². The van der Waals surface area contributed by atoms with Crippen molar-refractivity contribution in [3.05, 3.63) is 11.6 Å². The van der Waals surface area contributed by atoms with Crippen LogP contribution in [0.3, 0.4) is 0 Å². The van der Waals surface area contributed by atoms with Crippen molar-refractivity contribution >= 4 is 0 Å². The first kappa shape index (κ1) is 12.5. The zero-order chi connectivity index (χ0) is 12.4. The van der Waals surface area contributed by atoms with Gasteiger partial charge in [0.05, 0.1) is 25.9 Å². The van der Waals surface area contributed by atoms with E-state index in [-0.39, 0.29) is 12.7 Å². The summed E-state index contributed by atoms with van der Waals surface area (Å²) >= 11 is 0. The van der Waals surface area contributed by atoms with Crippen LogP contribution in [-0.2, 0) is 18.3 Å². The average Bonchev–Trinajstić information content (AvgIpc) is 2.64. The number of hydrogen-bond acceptors (Lipinski definition) is 5. The summed E-state index contributed by atoms with van der Waals surface area (Å²) in [7, 11) is 1.97. The monoisotopic (exact) mass is 240 g/mol. The van der Waals surface area contributed by atoms with E-state index in [0.717, 1.165) is 24.7 Å². The molecule has 1 fully saturated rings. The number of aliphatic hydroxyl groups is 1. The number of hydrogen-bond donors (Lipinski definition) is 1. The Kier molecular flexibility index (Phi) is 3.76. The van der Waals surface area contributed by atoms with Gasteiger partial charge in [-0.1, -0.05) is 0 Å². The fourth-order valence-electron chi connectivity index (χ4n) is 1.98. The summed E-state index contributed by atoms with van der Waals surface area (Å²) in [6, 6.07) is 0.342. The third kappa shape index (κ3) is 2.65. The number of nitrogens with zero attached hydrogens (tertiary/aromatic N) is 4. The zero-order valence-corrected chi connectivity index (χ0v) is 10.6. The molecular formula is C11H20N4O2. The van der Waals surface area contributed by atoms with Gasteiger partial charge in [-0.3, -0.25) is 4.90 Å². The van der Waals surface area contributed by atoms with Gasteiger partial charge in [-0.05, 0) is 13.8 Å². The van der Waals surface area contributed by atoms with Gasteiger partial charge in [0.15, 0.2) is 0 Å². The summed E-state index contributed by atoms with van der Waals surface area (Å²) in [4.78, 5) is 2.27. The van der Waals surface area contributed by atoms with Crippen LogP contribution in [0.4, 0.5) is 0 Å². The van der Waals surface area contributed by atoms with E-state index in [4.69, 9.17) is 9.84 Å². The molecule has 0 amide bonds. The Morgan fingerprint density at radius 3 is 2.82 bits per heavy atom. The van der Waals surface area contributed by atoms with Gasteiger partial charge in [-0.25, -0.2) is 0 Å². The molecule has 2 atom stereocenters. The number of aliphatic hydroxyl groups excluding tert-OH is 1. The topological polar surface area (TPSA) is 63.4 Å². The second-order valence-corrected chi connectivity index (χ2v) is 4.64. The van der Waals surface area contributed by atoms with Gasteiger partial charge < -0.3 is 14.4 Å². The molecule has 2 unspecified atom stereocenters. The van der Waals surface area contributed by atoms with E-state index < -0.39 is 0 Å². The molecule has 2 heterocycles. The highest BCUT2D eigenvalue weighted by Crippen LogP contribution is 2.14. The molecule has 0 aliphatic carbocycles. The lowest BCUT2D eigenvalue weighted by Crippen LogP contribution is -2.49. The van der Waals surface area contributed by atoms with Gasteiger partial charge in [-0.2, -0.15) is 0 Å². The maximum Gasteiger partial charge on any atom is 0.146 e. The molecule has 1 saturated heterocycles. The minimum absolute atomic E-state index is 0.0705. The van der Waals surface area contributed by atoms with Crippen molar-refractivity contribution < 1.29 is 9.84 Å². The molecule has 1 aromatic rings.